The number of aliphatic hydroxyl groups is 1. The van der Waals surface area contributed by atoms with Crippen LogP contribution in [0.2, 0.25) is 5.02 Å². The Hall–Kier alpha value is -2.08. The Bertz CT molecular complexity index is 885. The summed E-state index contributed by atoms with van der Waals surface area (Å²) in [5, 5.41) is 17.2. The number of hydrogen-bond donors (Lipinski definition) is 3. The van der Waals surface area contributed by atoms with E-state index >= 15 is 0 Å². The van der Waals surface area contributed by atoms with Gasteiger partial charge in [-0.25, -0.2) is 4.98 Å². The van der Waals surface area contributed by atoms with Gasteiger partial charge in [0.2, 0.25) is 5.95 Å². The molecule has 1 saturated heterocycles. The summed E-state index contributed by atoms with van der Waals surface area (Å²) >= 11 is 6.03. The van der Waals surface area contributed by atoms with Gasteiger partial charge in [-0.2, -0.15) is 0 Å². The van der Waals surface area contributed by atoms with E-state index in [0.717, 1.165) is 59.1 Å². The fraction of sp³-hybridized carbons (Fsp3) is 0.350. The lowest BCUT2D eigenvalue weighted by atomic mass is 10.0. The van der Waals surface area contributed by atoms with Crippen molar-refractivity contribution in [1.29, 1.82) is 0 Å². The number of hydrogen-bond acceptors (Lipinski definition) is 4. The molecule has 1 aliphatic rings. The number of benzene rings is 2. The maximum absolute atomic E-state index is 9.54. The Kier molecular flexibility index (Phi) is 5.11. The topological polar surface area (TPSA) is 62.1 Å². The molecule has 2 heterocycles. The predicted molar refractivity (Wildman–Crippen MR) is 107 cm³/mol. The molecule has 0 bridgehead atoms. The first-order valence-corrected chi connectivity index (χ1v) is 9.47. The molecule has 4 rings (SSSR count). The first-order valence-electron chi connectivity index (χ1n) is 9.09. The minimum Gasteiger partial charge on any atom is -0.395 e. The van der Waals surface area contributed by atoms with Crippen molar-refractivity contribution in [2.45, 2.75) is 25.4 Å². The van der Waals surface area contributed by atoms with Crippen LogP contribution in [0.3, 0.4) is 0 Å². The fourth-order valence-corrected chi connectivity index (χ4v) is 3.72. The molecule has 0 amide bonds. The zero-order valence-corrected chi connectivity index (χ0v) is 15.3. The van der Waals surface area contributed by atoms with Crippen LogP contribution >= 0.6 is 11.6 Å². The average Bonchev–Trinajstić information content (AvgIpc) is 3.01. The van der Waals surface area contributed by atoms with E-state index in [-0.39, 0.29) is 6.61 Å². The Balaban J connectivity index is 1.77. The van der Waals surface area contributed by atoms with Crippen molar-refractivity contribution in [3.8, 4) is 11.1 Å². The summed E-state index contributed by atoms with van der Waals surface area (Å²) in [5.41, 5.74) is 4.13. The molecule has 0 aliphatic carbocycles. The highest BCUT2D eigenvalue weighted by molar-refractivity contribution is 6.30. The highest BCUT2D eigenvalue weighted by Crippen LogP contribution is 2.31. The van der Waals surface area contributed by atoms with Gasteiger partial charge in [0, 0.05) is 23.2 Å². The molecule has 5 nitrogen and oxygen atoms in total. The van der Waals surface area contributed by atoms with Gasteiger partial charge in [-0.3, -0.25) is 0 Å². The maximum atomic E-state index is 9.54. The van der Waals surface area contributed by atoms with Gasteiger partial charge in [0.25, 0.3) is 0 Å². The SMILES string of the molecule is OCCn1c(NC2CCNCC2)nc2c(-c3ccc(Cl)cc3)cccc21. The molecule has 0 saturated carbocycles. The van der Waals surface area contributed by atoms with Crippen molar-refractivity contribution in [2.24, 2.45) is 0 Å². The van der Waals surface area contributed by atoms with E-state index in [2.05, 4.69) is 27.3 Å². The monoisotopic (exact) mass is 370 g/mol. The van der Waals surface area contributed by atoms with Crippen LogP contribution in [0, 0.1) is 0 Å². The normalized spacial score (nSPS) is 15.5. The van der Waals surface area contributed by atoms with E-state index in [9.17, 15) is 5.11 Å². The van der Waals surface area contributed by atoms with Crippen molar-refractivity contribution in [3.05, 3.63) is 47.5 Å². The molecule has 2 aromatic carbocycles. The van der Waals surface area contributed by atoms with E-state index in [4.69, 9.17) is 16.6 Å². The number of anilines is 1. The second-order valence-corrected chi connectivity index (χ2v) is 7.10. The van der Waals surface area contributed by atoms with Crippen LogP contribution in [0.1, 0.15) is 12.8 Å². The summed E-state index contributed by atoms with van der Waals surface area (Å²) in [5.74, 6) is 0.836. The van der Waals surface area contributed by atoms with E-state index in [1.165, 1.54) is 0 Å². The fourth-order valence-electron chi connectivity index (χ4n) is 3.59. The van der Waals surface area contributed by atoms with Crippen LogP contribution < -0.4 is 10.6 Å². The molecule has 6 heteroatoms. The lowest BCUT2D eigenvalue weighted by Gasteiger charge is -2.24. The quantitative estimate of drug-likeness (QED) is 0.643. The zero-order valence-electron chi connectivity index (χ0n) is 14.6. The predicted octanol–water partition coefficient (Wildman–Crippen LogP) is 3.51. The third-order valence-electron chi connectivity index (χ3n) is 4.93. The van der Waals surface area contributed by atoms with Gasteiger partial charge in [-0.1, -0.05) is 35.9 Å². The molecular formula is C20H23ClN4O. The highest BCUT2D eigenvalue weighted by Gasteiger charge is 2.18. The molecule has 3 N–H and O–H groups in total. The molecule has 0 spiro atoms. The van der Waals surface area contributed by atoms with Gasteiger partial charge in [0.05, 0.1) is 17.6 Å². The van der Waals surface area contributed by atoms with Crippen molar-refractivity contribution in [1.82, 2.24) is 14.9 Å². The lowest BCUT2D eigenvalue weighted by molar-refractivity contribution is 0.278. The summed E-state index contributed by atoms with van der Waals surface area (Å²) in [4.78, 5) is 4.91. The first kappa shape index (κ1) is 17.3. The number of fused-ring (bicyclic) bond motifs is 1. The Morgan fingerprint density at radius 3 is 2.65 bits per heavy atom. The number of aliphatic hydroxyl groups excluding tert-OH is 1. The van der Waals surface area contributed by atoms with E-state index in [1.807, 2.05) is 30.3 Å². The van der Waals surface area contributed by atoms with Gasteiger partial charge >= 0.3 is 0 Å². The number of imidazole rings is 1. The van der Waals surface area contributed by atoms with E-state index in [1.54, 1.807) is 0 Å². The number of piperidine rings is 1. The number of halogens is 1. The maximum Gasteiger partial charge on any atom is 0.204 e. The zero-order chi connectivity index (χ0) is 17.9. The smallest absolute Gasteiger partial charge is 0.204 e. The Morgan fingerprint density at radius 2 is 1.92 bits per heavy atom. The number of para-hydroxylation sites is 1. The minimum absolute atomic E-state index is 0.0809. The van der Waals surface area contributed by atoms with Crippen LogP contribution in [0.4, 0.5) is 5.95 Å². The summed E-state index contributed by atoms with van der Waals surface area (Å²) in [7, 11) is 0. The summed E-state index contributed by atoms with van der Waals surface area (Å²) in [6.07, 6.45) is 2.15. The molecule has 26 heavy (non-hydrogen) atoms. The molecule has 1 fully saturated rings. The molecule has 3 aromatic rings. The molecule has 0 atom stereocenters. The van der Waals surface area contributed by atoms with Gasteiger partial charge in [0.15, 0.2) is 0 Å². The summed E-state index contributed by atoms with van der Waals surface area (Å²) < 4.78 is 2.08. The number of nitrogens with zero attached hydrogens (tertiary/aromatic N) is 2. The number of nitrogens with one attached hydrogen (secondary N) is 2. The van der Waals surface area contributed by atoms with Gasteiger partial charge in [0.1, 0.15) is 0 Å². The Morgan fingerprint density at radius 1 is 1.15 bits per heavy atom. The van der Waals surface area contributed by atoms with Gasteiger partial charge < -0.3 is 20.3 Å². The molecule has 1 aliphatic heterocycles. The second-order valence-electron chi connectivity index (χ2n) is 6.66. The van der Waals surface area contributed by atoms with Gasteiger partial charge in [-0.05, 0) is 49.7 Å². The molecule has 0 unspecified atom stereocenters. The summed E-state index contributed by atoms with van der Waals surface area (Å²) in [6, 6.07) is 14.4. The third kappa shape index (κ3) is 3.43. The molecule has 136 valence electrons. The minimum atomic E-state index is 0.0809. The van der Waals surface area contributed by atoms with E-state index in [0.29, 0.717) is 12.6 Å². The first-order chi connectivity index (χ1) is 12.8. The Labute approximate surface area is 158 Å². The molecular weight excluding hydrogens is 348 g/mol. The lowest BCUT2D eigenvalue weighted by Crippen LogP contribution is -2.36. The molecule has 1 aromatic heterocycles. The van der Waals surface area contributed by atoms with Crippen LogP contribution in [0.25, 0.3) is 22.2 Å². The van der Waals surface area contributed by atoms with E-state index < -0.39 is 0 Å². The standard InChI is InChI=1S/C20H23ClN4O/c21-15-6-4-14(5-7-15)17-2-1-3-18-19(17)24-20(25(18)12-13-26)23-16-8-10-22-11-9-16/h1-7,16,22,26H,8-13H2,(H,23,24). The van der Waals surface area contributed by atoms with Crippen molar-refractivity contribution >= 4 is 28.6 Å². The van der Waals surface area contributed by atoms with Crippen molar-refractivity contribution in [3.63, 3.8) is 0 Å². The average molecular weight is 371 g/mol. The van der Waals surface area contributed by atoms with Crippen LogP contribution in [-0.4, -0.2) is 40.4 Å². The second kappa shape index (κ2) is 7.66. The number of rotatable bonds is 5. The molecule has 0 radical (unpaired) electrons. The number of aromatic nitrogens is 2. The summed E-state index contributed by atoms with van der Waals surface area (Å²) in [6.45, 7) is 2.65. The third-order valence-corrected chi connectivity index (χ3v) is 5.18. The van der Waals surface area contributed by atoms with Crippen LogP contribution in [0.5, 0.6) is 0 Å². The van der Waals surface area contributed by atoms with Crippen LogP contribution in [0.15, 0.2) is 42.5 Å². The van der Waals surface area contributed by atoms with Crippen LogP contribution in [-0.2, 0) is 6.54 Å². The van der Waals surface area contributed by atoms with Crippen molar-refractivity contribution in [2.75, 3.05) is 25.0 Å². The highest BCUT2D eigenvalue weighted by atomic mass is 35.5. The largest absolute Gasteiger partial charge is 0.395 e. The van der Waals surface area contributed by atoms with Crippen molar-refractivity contribution < 1.29 is 5.11 Å². The van der Waals surface area contributed by atoms with Gasteiger partial charge in [-0.15, -0.1) is 0 Å².